The average Bonchev–Trinajstić information content (AvgIpc) is 3.56. The van der Waals surface area contributed by atoms with E-state index in [1.54, 1.807) is 36.5 Å². The molecule has 0 N–H and O–H groups in total. The van der Waals surface area contributed by atoms with Crippen LogP contribution in [-0.4, -0.2) is 17.4 Å². The number of halogens is 1. The van der Waals surface area contributed by atoms with Crippen molar-refractivity contribution in [2.75, 3.05) is 0 Å². The van der Waals surface area contributed by atoms with Crippen LogP contribution in [0.5, 0.6) is 5.75 Å². The van der Waals surface area contributed by atoms with Crippen molar-refractivity contribution in [1.29, 1.82) is 0 Å². The van der Waals surface area contributed by atoms with Crippen LogP contribution in [-0.2, 0) is 16.6 Å². The smallest absolute Gasteiger partial charge is 0.268 e. The second-order valence-corrected chi connectivity index (χ2v) is 10.4. The SMILES string of the molecule is O=S(=O)(c1ccccc1)n1cc(I)c2ncc(C3CC3)c(OCc3ccccc3)c21. The van der Waals surface area contributed by atoms with Gasteiger partial charge in [-0.05, 0) is 59.0 Å². The predicted octanol–water partition coefficient (Wildman–Crippen LogP) is 5.33. The molecule has 1 aliphatic rings. The zero-order valence-corrected chi connectivity index (χ0v) is 19.0. The molecule has 0 unspecified atom stereocenters. The molecule has 0 spiro atoms. The van der Waals surface area contributed by atoms with Crippen LogP contribution in [0, 0.1) is 3.57 Å². The Bertz CT molecular complexity index is 1320. The van der Waals surface area contributed by atoms with Gasteiger partial charge in [-0.2, -0.15) is 0 Å². The molecular weight excluding hydrogens is 511 g/mol. The van der Waals surface area contributed by atoms with Crippen molar-refractivity contribution in [2.24, 2.45) is 0 Å². The fraction of sp³-hybridized carbons (Fsp3) is 0.174. The molecule has 1 fully saturated rings. The molecule has 4 aromatic rings. The van der Waals surface area contributed by atoms with Gasteiger partial charge in [0.2, 0.25) is 0 Å². The lowest BCUT2D eigenvalue weighted by Gasteiger charge is -2.15. The van der Waals surface area contributed by atoms with E-state index in [-0.39, 0.29) is 4.90 Å². The number of ether oxygens (including phenoxy) is 1. The fourth-order valence-electron chi connectivity index (χ4n) is 3.57. The van der Waals surface area contributed by atoms with Crippen LogP contribution in [0.2, 0.25) is 0 Å². The van der Waals surface area contributed by atoms with Gasteiger partial charge in [0.1, 0.15) is 17.6 Å². The normalized spacial score (nSPS) is 14.2. The largest absolute Gasteiger partial charge is 0.486 e. The molecule has 0 amide bonds. The standard InChI is InChI=1S/C23H19IN2O3S/c24-20-14-26(30(27,28)18-9-5-2-6-10-18)22-21(20)25-13-19(17-11-12-17)23(22)29-15-16-7-3-1-4-8-16/h1-10,13-14,17H,11-12,15H2. The van der Waals surface area contributed by atoms with Gasteiger partial charge < -0.3 is 4.74 Å². The Morgan fingerprint density at radius 1 is 1.03 bits per heavy atom. The molecule has 1 saturated carbocycles. The maximum atomic E-state index is 13.5. The second kappa shape index (κ2) is 7.70. The van der Waals surface area contributed by atoms with E-state index in [1.807, 2.05) is 36.5 Å². The van der Waals surface area contributed by atoms with Crippen LogP contribution >= 0.6 is 22.6 Å². The van der Waals surface area contributed by atoms with Gasteiger partial charge in [-0.25, -0.2) is 12.4 Å². The van der Waals surface area contributed by atoms with Crippen LogP contribution in [0.25, 0.3) is 11.0 Å². The van der Waals surface area contributed by atoms with E-state index in [9.17, 15) is 8.42 Å². The molecule has 2 aromatic heterocycles. The van der Waals surface area contributed by atoms with Crippen molar-refractivity contribution in [2.45, 2.75) is 30.3 Å². The first-order valence-electron chi connectivity index (χ1n) is 9.72. The van der Waals surface area contributed by atoms with E-state index in [0.717, 1.165) is 27.5 Å². The Balaban J connectivity index is 1.70. The first-order valence-corrected chi connectivity index (χ1v) is 12.2. The summed E-state index contributed by atoms with van der Waals surface area (Å²) in [5, 5.41) is 0. The van der Waals surface area contributed by atoms with E-state index in [4.69, 9.17) is 4.74 Å². The number of hydrogen-bond donors (Lipinski definition) is 0. The van der Waals surface area contributed by atoms with Gasteiger partial charge in [0.25, 0.3) is 10.0 Å². The Morgan fingerprint density at radius 3 is 2.37 bits per heavy atom. The summed E-state index contributed by atoms with van der Waals surface area (Å²) in [6, 6.07) is 18.4. The van der Waals surface area contributed by atoms with Crippen molar-refractivity contribution in [1.82, 2.24) is 8.96 Å². The number of nitrogens with zero attached hydrogens (tertiary/aromatic N) is 2. The number of pyridine rings is 1. The maximum absolute atomic E-state index is 13.5. The van der Waals surface area contributed by atoms with Crippen LogP contribution in [0.1, 0.15) is 29.9 Å². The maximum Gasteiger partial charge on any atom is 0.268 e. The Labute approximate surface area is 188 Å². The highest BCUT2D eigenvalue weighted by Gasteiger charge is 2.32. The van der Waals surface area contributed by atoms with Gasteiger partial charge in [0, 0.05) is 18.0 Å². The van der Waals surface area contributed by atoms with Crippen molar-refractivity contribution in [3.05, 3.63) is 87.8 Å². The topological polar surface area (TPSA) is 61.2 Å². The van der Waals surface area contributed by atoms with Gasteiger partial charge in [0.15, 0.2) is 5.75 Å². The first kappa shape index (κ1) is 19.6. The highest BCUT2D eigenvalue weighted by atomic mass is 127. The lowest BCUT2D eigenvalue weighted by molar-refractivity contribution is 0.306. The number of aromatic nitrogens is 2. The second-order valence-electron chi connectivity index (χ2n) is 7.38. The Kier molecular flexibility index (Phi) is 5.02. The fourth-order valence-corrected chi connectivity index (χ4v) is 5.81. The molecule has 152 valence electrons. The molecule has 0 radical (unpaired) electrons. The third-order valence-electron chi connectivity index (χ3n) is 5.25. The highest BCUT2D eigenvalue weighted by Crippen LogP contribution is 2.47. The van der Waals surface area contributed by atoms with Gasteiger partial charge in [0.05, 0.1) is 8.47 Å². The highest BCUT2D eigenvalue weighted by molar-refractivity contribution is 14.1. The molecule has 2 heterocycles. The minimum absolute atomic E-state index is 0.240. The molecule has 0 saturated heterocycles. The molecule has 0 aliphatic heterocycles. The molecule has 30 heavy (non-hydrogen) atoms. The van der Waals surface area contributed by atoms with Crippen LogP contribution in [0.3, 0.4) is 0 Å². The lowest BCUT2D eigenvalue weighted by Crippen LogP contribution is -2.13. The molecule has 1 aliphatic carbocycles. The van der Waals surface area contributed by atoms with Crippen molar-refractivity contribution in [3.63, 3.8) is 0 Å². The number of hydrogen-bond acceptors (Lipinski definition) is 4. The molecule has 0 bridgehead atoms. The summed E-state index contributed by atoms with van der Waals surface area (Å²) in [5.41, 5.74) is 3.17. The number of rotatable bonds is 6. The van der Waals surface area contributed by atoms with Gasteiger partial charge in [-0.15, -0.1) is 0 Å². The summed E-state index contributed by atoms with van der Waals surface area (Å²) >= 11 is 2.14. The third-order valence-corrected chi connectivity index (χ3v) is 7.72. The first-order chi connectivity index (χ1) is 14.6. The summed E-state index contributed by atoms with van der Waals surface area (Å²) in [6.07, 6.45) is 5.62. The summed E-state index contributed by atoms with van der Waals surface area (Å²) in [5.74, 6) is 0.988. The molecule has 0 atom stereocenters. The van der Waals surface area contributed by atoms with Gasteiger partial charge in [-0.1, -0.05) is 48.5 Å². The summed E-state index contributed by atoms with van der Waals surface area (Å²) in [6.45, 7) is 0.368. The zero-order valence-electron chi connectivity index (χ0n) is 16.0. The number of benzene rings is 2. The predicted molar refractivity (Wildman–Crippen MR) is 124 cm³/mol. The summed E-state index contributed by atoms with van der Waals surface area (Å²) in [4.78, 5) is 4.85. The molecular formula is C23H19IN2O3S. The van der Waals surface area contributed by atoms with Crippen molar-refractivity contribution >= 4 is 43.6 Å². The number of fused-ring (bicyclic) bond motifs is 1. The Hall–Kier alpha value is -2.39. The van der Waals surface area contributed by atoms with E-state index < -0.39 is 10.0 Å². The van der Waals surface area contributed by atoms with Crippen LogP contribution in [0.4, 0.5) is 0 Å². The van der Waals surface area contributed by atoms with Gasteiger partial charge in [-0.3, -0.25) is 4.98 Å². The molecule has 5 rings (SSSR count). The average molecular weight is 530 g/mol. The van der Waals surface area contributed by atoms with E-state index in [2.05, 4.69) is 27.6 Å². The van der Waals surface area contributed by atoms with Crippen LogP contribution < -0.4 is 4.74 Å². The van der Waals surface area contributed by atoms with Crippen molar-refractivity contribution < 1.29 is 13.2 Å². The molecule has 7 heteroatoms. The van der Waals surface area contributed by atoms with Gasteiger partial charge >= 0.3 is 0 Å². The summed E-state index contributed by atoms with van der Waals surface area (Å²) in [7, 11) is -3.78. The minimum atomic E-state index is -3.78. The third kappa shape index (κ3) is 3.50. The summed E-state index contributed by atoms with van der Waals surface area (Å²) < 4.78 is 35.3. The minimum Gasteiger partial charge on any atom is -0.486 e. The quantitative estimate of drug-likeness (QED) is 0.316. The van der Waals surface area contributed by atoms with Crippen LogP contribution in [0.15, 0.2) is 78.0 Å². The monoisotopic (exact) mass is 530 g/mol. The molecule has 2 aromatic carbocycles. The van der Waals surface area contributed by atoms with E-state index in [0.29, 0.717) is 29.3 Å². The Morgan fingerprint density at radius 2 is 1.70 bits per heavy atom. The van der Waals surface area contributed by atoms with E-state index in [1.165, 1.54) is 3.97 Å². The van der Waals surface area contributed by atoms with Crippen molar-refractivity contribution in [3.8, 4) is 5.75 Å². The molecule has 5 nitrogen and oxygen atoms in total. The van der Waals surface area contributed by atoms with E-state index >= 15 is 0 Å². The zero-order chi connectivity index (χ0) is 20.7. The lowest BCUT2D eigenvalue weighted by atomic mass is 10.1.